The third-order valence-corrected chi connectivity index (χ3v) is 5.16. The molecular weight excluding hydrogens is 314 g/mol. The molecular formula is C18H24ClNO3. The molecule has 0 radical (unpaired) electrons. The molecule has 5 heteroatoms. The van der Waals surface area contributed by atoms with Crippen molar-refractivity contribution in [3.05, 3.63) is 28.8 Å². The Balaban J connectivity index is 1.43. The van der Waals surface area contributed by atoms with Gasteiger partial charge in [0.25, 0.3) is 0 Å². The molecule has 1 heterocycles. The van der Waals surface area contributed by atoms with Gasteiger partial charge in [0.1, 0.15) is 5.75 Å². The largest absolute Gasteiger partial charge is 0.494 e. The van der Waals surface area contributed by atoms with Crippen LogP contribution in [0.4, 0.5) is 0 Å². The SMILES string of the molecule is Cc1cc(OCCCC(=O)N2CCO[C@@H]3CCC[C@@H]32)ccc1Cl. The molecule has 2 fully saturated rings. The second-order valence-corrected chi connectivity index (χ2v) is 6.76. The molecule has 1 saturated carbocycles. The number of hydrogen-bond donors (Lipinski definition) is 0. The van der Waals surface area contributed by atoms with Gasteiger partial charge in [-0.05, 0) is 56.4 Å². The highest BCUT2D eigenvalue weighted by atomic mass is 35.5. The Hall–Kier alpha value is -1.26. The quantitative estimate of drug-likeness (QED) is 0.771. The maximum Gasteiger partial charge on any atom is 0.223 e. The summed E-state index contributed by atoms with van der Waals surface area (Å²) in [4.78, 5) is 14.5. The number of carbonyl (C=O) groups excluding carboxylic acids is 1. The van der Waals surface area contributed by atoms with Gasteiger partial charge in [0.15, 0.2) is 0 Å². The van der Waals surface area contributed by atoms with Crippen LogP contribution in [0.5, 0.6) is 5.75 Å². The molecule has 23 heavy (non-hydrogen) atoms. The van der Waals surface area contributed by atoms with Crippen LogP contribution in [0.1, 0.15) is 37.7 Å². The molecule has 2 aliphatic rings. The van der Waals surface area contributed by atoms with Crippen LogP contribution in [-0.4, -0.2) is 42.7 Å². The standard InChI is InChI=1S/C18H24ClNO3/c1-13-12-14(7-8-15(13)19)22-10-3-6-18(21)20-9-11-23-17-5-2-4-16(17)20/h7-8,12,16-17H,2-6,9-11H2,1H3/t16-,17+/m0/s1. The van der Waals surface area contributed by atoms with Crippen molar-refractivity contribution in [2.24, 2.45) is 0 Å². The van der Waals surface area contributed by atoms with Crippen molar-refractivity contribution in [1.82, 2.24) is 4.90 Å². The second-order valence-electron chi connectivity index (χ2n) is 6.36. The van der Waals surface area contributed by atoms with E-state index < -0.39 is 0 Å². The second kappa shape index (κ2) is 7.54. The Morgan fingerprint density at radius 1 is 1.43 bits per heavy atom. The summed E-state index contributed by atoms with van der Waals surface area (Å²) < 4.78 is 11.5. The molecule has 1 saturated heterocycles. The lowest BCUT2D eigenvalue weighted by Crippen LogP contribution is -2.51. The van der Waals surface area contributed by atoms with E-state index in [-0.39, 0.29) is 12.0 Å². The van der Waals surface area contributed by atoms with Crippen LogP contribution in [-0.2, 0) is 9.53 Å². The van der Waals surface area contributed by atoms with Gasteiger partial charge in [-0.25, -0.2) is 0 Å². The third-order valence-electron chi connectivity index (χ3n) is 4.74. The van der Waals surface area contributed by atoms with Crippen LogP contribution in [0.2, 0.25) is 5.02 Å². The normalized spacial score (nSPS) is 23.7. The van der Waals surface area contributed by atoms with Gasteiger partial charge in [-0.1, -0.05) is 11.6 Å². The van der Waals surface area contributed by atoms with E-state index in [1.165, 1.54) is 0 Å². The van der Waals surface area contributed by atoms with Gasteiger partial charge in [0.05, 0.1) is 25.4 Å². The van der Waals surface area contributed by atoms with E-state index in [1.54, 1.807) is 0 Å². The molecule has 0 aromatic heterocycles. The average molecular weight is 338 g/mol. The summed E-state index contributed by atoms with van der Waals surface area (Å²) in [6.07, 6.45) is 4.87. The summed E-state index contributed by atoms with van der Waals surface area (Å²) in [5, 5.41) is 0.742. The summed E-state index contributed by atoms with van der Waals surface area (Å²) in [5.74, 6) is 1.04. The number of rotatable bonds is 5. The third kappa shape index (κ3) is 3.99. The number of hydrogen-bond acceptors (Lipinski definition) is 3. The van der Waals surface area contributed by atoms with E-state index in [1.807, 2.05) is 30.0 Å². The molecule has 4 nitrogen and oxygen atoms in total. The van der Waals surface area contributed by atoms with E-state index in [9.17, 15) is 4.79 Å². The minimum Gasteiger partial charge on any atom is -0.494 e. The first-order valence-electron chi connectivity index (χ1n) is 8.45. The van der Waals surface area contributed by atoms with Crippen molar-refractivity contribution in [1.29, 1.82) is 0 Å². The van der Waals surface area contributed by atoms with Crippen molar-refractivity contribution < 1.29 is 14.3 Å². The van der Waals surface area contributed by atoms with Crippen LogP contribution < -0.4 is 4.74 Å². The summed E-state index contributed by atoms with van der Waals surface area (Å²) >= 11 is 6.00. The summed E-state index contributed by atoms with van der Waals surface area (Å²) in [6, 6.07) is 5.93. The Labute approximate surface area is 142 Å². The number of nitrogens with zero attached hydrogens (tertiary/aromatic N) is 1. The summed E-state index contributed by atoms with van der Waals surface area (Å²) in [5.41, 5.74) is 1.00. The minimum absolute atomic E-state index is 0.237. The molecule has 1 aromatic carbocycles. The highest BCUT2D eigenvalue weighted by Gasteiger charge is 2.37. The fraction of sp³-hybridized carbons (Fsp3) is 0.611. The smallest absolute Gasteiger partial charge is 0.223 e. The zero-order valence-corrected chi connectivity index (χ0v) is 14.3. The van der Waals surface area contributed by atoms with Crippen LogP contribution in [0.15, 0.2) is 18.2 Å². The molecule has 2 atom stereocenters. The first-order chi connectivity index (χ1) is 11.1. The highest BCUT2D eigenvalue weighted by molar-refractivity contribution is 6.31. The molecule has 0 unspecified atom stereocenters. The predicted octanol–water partition coefficient (Wildman–Crippen LogP) is 3.59. The van der Waals surface area contributed by atoms with E-state index in [2.05, 4.69) is 0 Å². The number of aryl methyl sites for hydroxylation is 1. The Morgan fingerprint density at radius 2 is 2.30 bits per heavy atom. The first kappa shape index (κ1) is 16.6. The first-order valence-corrected chi connectivity index (χ1v) is 8.83. The summed E-state index contributed by atoms with van der Waals surface area (Å²) in [7, 11) is 0. The number of amides is 1. The maximum atomic E-state index is 12.4. The lowest BCUT2D eigenvalue weighted by molar-refractivity contribution is -0.144. The Bertz CT molecular complexity index is 563. The van der Waals surface area contributed by atoms with Gasteiger partial charge in [-0.15, -0.1) is 0 Å². The molecule has 1 aromatic rings. The lowest BCUT2D eigenvalue weighted by Gasteiger charge is -2.37. The highest BCUT2D eigenvalue weighted by Crippen LogP contribution is 2.30. The maximum absolute atomic E-state index is 12.4. The number of benzene rings is 1. The zero-order chi connectivity index (χ0) is 16.2. The molecule has 3 rings (SSSR count). The molecule has 0 bridgehead atoms. The number of halogens is 1. The average Bonchev–Trinajstić information content (AvgIpc) is 3.03. The molecule has 0 spiro atoms. The van der Waals surface area contributed by atoms with Crippen LogP contribution in [0, 0.1) is 6.92 Å². The van der Waals surface area contributed by atoms with E-state index in [4.69, 9.17) is 21.1 Å². The van der Waals surface area contributed by atoms with Crippen molar-refractivity contribution in [3.8, 4) is 5.75 Å². The van der Waals surface area contributed by atoms with Crippen molar-refractivity contribution in [3.63, 3.8) is 0 Å². The van der Waals surface area contributed by atoms with Crippen LogP contribution in [0.25, 0.3) is 0 Å². The van der Waals surface area contributed by atoms with Gasteiger partial charge in [-0.2, -0.15) is 0 Å². The summed E-state index contributed by atoms with van der Waals surface area (Å²) in [6.45, 7) is 3.91. The monoisotopic (exact) mass is 337 g/mol. The minimum atomic E-state index is 0.237. The molecule has 0 N–H and O–H groups in total. The van der Waals surface area contributed by atoms with Gasteiger partial charge < -0.3 is 14.4 Å². The van der Waals surface area contributed by atoms with Crippen molar-refractivity contribution in [2.45, 2.75) is 51.2 Å². The zero-order valence-electron chi connectivity index (χ0n) is 13.6. The van der Waals surface area contributed by atoms with Gasteiger partial charge >= 0.3 is 0 Å². The Morgan fingerprint density at radius 3 is 3.13 bits per heavy atom. The fourth-order valence-electron chi connectivity index (χ4n) is 3.50. The van der Waals surface area contributed by atoms with Gasteiger partial charge in [-0.3, -0.25) is 4.79 Å². The molecule has 1 aliphatic carbocycles. The molecule has 1 amide bonds. The van der Waals surface area contributed by atoms with Crippen LogP contribution in [0.3, 0.4) is 0 Å². The topological polar surface area (TPSA) is 38.8 Å². The van der Waals surface area contributed by atoms with Crippen LogP contribution >= 0.6 is 11.6 Å². The van der Waals surface area contributed by atoms with Crippen molar-refractivity contribution >= 4 is 17.5 Å². The number of morpholine rings is 1. The number of ether oxygens (including phenoxy) is 2. The molecule has 1 aliphatic heterocycles. The number of fused-ring (bicyclic) bond motifs is 1. The van der Waals surface area contributed by atoms with E-state index >= 15 is 0 Å². The van der Waals surface area contributed by atoms with E-state index in [0.717, 1.165) is 48.6 Å². The fourth-order valence-corrected chi connectivity index (χ4v) is 3.62. The van der Waals surface area contributed by atoms with Crippen molar-refractivity contribution in [2.75, 3.05) is 19.8 Å². The Kier molecular flexibility index (Phi) is 5.44. The van der Waals surface area contributed by atoms with E-state index in [0.29, 0.717) is 25.7 Å². The lowest BCUT2D eigenvalue weighted by atomic mass is 10.1. The van der Waals surface area contributed by atoms with Gasteiger partial charge in [0, 0.05) is 18.0 Å². The predicted molar refractivity (Wildman–Crippen MR) is 90.0 cm³/mol. The van der Waals surface area contributed by atoms with Gasteiger partial charge in [0.2, 0.25) is 5.91 Å². The number of carbonyl (C=O) groups is 1. The molecule has 126 valence electrons.